The first-order valence-electron chi connectivity index (χ1n) is 7.15. The lowest BCUT2D eigenvalue weighted by Gasteiger charge is -2.09. The third kappa shape index (κ3) is 5.27. The fourth-order valence-corrected chi connectivity index (χ4v) is 2.38. The molecule has 0 aliphatic carbocycles. The summed E-state index contributed by atoms with van der Waals surface area (Å²) in [7, 11) is 0. The van der Waals surface area contributed by atoms with Gasteiger partial charge in [0.1, 0.15) is 11.6 Å². The van der Waals surface area contributed by atoms with Crippen molar-refractivity contribution in [2.24, 2.45) is 0 Å². The third-order valence-corrected chi connectivity index (χ3v) is 3.64. The van der Waals surface area contributed by atoms with Crippen LogP contribution in [0, 0.1) is 15.9 Å². The smallest absolute Gasteiger partial charge is 0.270 e. The molecule has 2 aromatic rings. The molecular formula is C15H13Cl2FN4O3. The van der Waals surface area contributed by atoms with Gasteiger partial charge in [0, 0.05) is 31.4 Å². The first kappa shape index (κ1) is 18.9. The van der Waals surface area contributed by atoms with E-state index in [2.05, 4.69) is 15.6 Å². The van der Waals surface area contributed by atoms with Crippen molar-refractivity contribution in [3.8, 4) is 0 Å². The Balaban J connectivity index is 1.83. The molecule has 2 N–H and O–H groups in total. The summed E-state index contributed by atoms with van der Waals surface area (Å²) >= 11 is 11.7. The van der Waals surface area contributed by atoms with Crippen molar-refractivity contribution in [1.82, 2.24) is 10.3 Å². The van der Waals surface area contributed by atoms with Crippen LogP contribution in [-0.4, -0.2) is 28.9 Å². The second-order valence-electron chi connectivity index (χ2n) is 4.94. The number of pyridine rings is 1. The number of carbonyl (C=O) groups is 1. The molecule has 132 valence electrons. The highest BCUT2D eigenvalue weighted by Crippen LogP contribution is 2.22. The molecule has 0 saturated carbocycles. The highest BCUT2D eigenvalue weighted by molar-refractivity contribution is 6.35. The van der Waals surface area contributed by atoms with Gasteiger partial charge in [0.05, 0.1) is 20.5 Å². The van der Waals surface area contributed by atoms with E-state index < -0.39 is 16.6 Å². The number of non-ortho nitro benzene ring substituents is 1. The Morgan fingerprint density at radius 3 is 2.72 bits per heavy atom. The Morgan fingerprint density at radius 1 is 1.28 bits per heavy atom. The molecule has 25 heavy (non-hydrogen) atoms. The second kappa shape index (κ2) is 8.59. The lowest BCUT2D eigenvalue weighted by atomic mass is 10.1. The van der Waals surface area contributed by atoms with Gasteiger partial charge in [-0.15, -0.1) is 0 Å². The average Bonchev–Trinajstić information content (AvgIpc) is 2.56. The van der Waals surface area contributed by atoms with Gasteiger partial charge in [-0.1, -0.05) is 23.2 Å². The van der Waals surface area contributed by atoms with Crippen LogP contribution in [-0.2, 0) is 0 Å². The Hall–Kier alpha value is -2.45. The fourth-order valence-electron chi connectivity index (χ4n) is 1.94. The van der Waals surface area contributed by atoms with E-state index in [1.165, 1.54) is 6.20 Å². The summed E-state index contributed by atoms with van der Waals surface area (Å²) < 4.78 is 13.6. The summed E-state index contributed by atoms with van der Waals surface area (Å²) in [6.45, 7) is 0.686. The first-order chi connectivity index (χ1) is 11.9. The van der Waals surface area contributed by atoms with Crippen molar-refractivity contribution in [3.05, 3.63) is 62.0 Å². The van der Waals surface area contributed by atoms with Crippen LogP contribution >= 0.6 is 23.2 Å². The minimum Gasteiger partial charge on any atom is -0.369 e. The Kier molecular flexibility index (Phi) is 6.49. The molecule has 1 aromatic heterocycles. The van der Waals surface area contributed by atoms with E-state index in [1.54, 1.807) is 6.07 Å². The van der Waals surface area contributed by atoms with Gasteiger partial charge < -0.3 is 10.6 Å². The number of hydrogen-bond donors (Lipinski definition) is 2. The van der Waals surface area contributed by atoms with Crippen molar-refractivity contribution in [2.45, 2.75) is 6.42 Å². The number of nitrogens with one attached hydrogen (secondary N) is 2. The van der Waals surface area contributed by atoms with Crippen molar-refractivity contribution >= 4 is 40.6 Å². The molecule has 0 atom stereocenters. The van der Waals surface area contributed by atoms with Crippen LogP contribution in [0.3, 0.4) is 0 Å². The molecule has 0 fully saturated rings. The molecular weight excluding hydrogens is 374 g/mol. The number of anilines is 1. The minimum absolute atomic E-state index is 0.235. The topological polar surface area (TPSA) is 97.2 Å². The van der Waals surface area contributed by atoms with Crippen molar-refractivity contribution < 1.29 is 14.1 Å². The van der Waals surface area contributed by atoms with Crippen LogP contribution < -0.4 is 10.6 Å². The van der Waals surface area contributed by atoms with Crippen molar-refractivity contribution in [1.29, 1.82) is 0 Å². The van der Waals surface area contributed by atoms with Crippen molar-refractivity contribution in [2.75, 3.05) is 18.4 Å². The standard InChI is InChI=1S/C15H13Cl2FN4O3/c16-9-6-12(17)14(21-8-9)19-4-1-5-20-15(23)11-7-10(22(24)25)2-3-13(11)18/h2-3,6-8H,1,4-5H2,(H,19,21)(H,20,23). The summed E-state index contributed by atoms with van der Waals surface area (Å²) in [5.41, 5.74) is -0.721. The molecule has 0 radical (unpaired) electrons. The molecule has 0 aliphatic rings. The number of aromatic nitrogens is 1. The largest absolute Gasteiger partial charge is 0.369 e. The van der Waals surface area contributed by atoms with E-state index in [-0.39, 0.29) is 17.8 Å². The normalized spacial score (nSPS) is 10.4. The molecule has 0 saturated heterocycles. The van der Waals surface area contributed by atoms with Gasteiger partial charge in [-0.25, -0.2) is 9.37 Å². The molecule has 1 amide bonds. The quantitative estimate of drug-likeness (QED) is 0.429. The third-order valence-electron chi connectivity index (χ3n) is 3.14. The van der Waals surface area contributed by atoms with E-state index in [9.17, 15) is 19.3 Å². The Labute approximate surface area is 152 Å². The zero-order valence-electron chi connectivity index (χ0n) is 12.8. The van der Waals surface area contributed by atoms with Gasteiger partial charge in [-0.05, 0) is 18.6 Å². The van der Waals surface area contributed by atoms with Crippen LogP contribution in [0.15, 0.2) is 30.5 Å². The van der Waals surface area contributed by atoms with Crippen LogP contribution in [0.1, 0.15) is 16.8 Å². The van der Waals surface area contributed by atoms with E-state index in [0.717, 1.165) is 18.2 Å². The fraction of sp³-hybridized carbons (Fsp3) is 0.200. The number of carbonyl (C=O) groups excluding carboxylic acids is 1. The van der Waals surface area contributed by atoms with Gasteiger partial charge in [0.2, 0.25) is 0 Å². The summed E-state index contributed by atoms with van der Waals surface area (Å²) in [6.07, 6.45) is 1.95. The number of benzene rings is 1. The molecule has 0 unspecified atom stereocenters. The number of nitro groups is 1. The van der Waals surface area contributed by atoms with Crippen LogP contribution in [0.25, 0.3) is 0 Å². The van der Waals surface area contributed by atoms with E-state index >= 15 is 0 Å². The van der Waals surface area contributed by atoms with Crippen molar-refractivity contribution in [3.63, 3.8) is 0 Å². The molecule has 0 bridgehead atoms. The second-order valence-corrected chi connectivity index (χ2v) is 5.79. The summed E-state index contributed by atoms with van der Waals surface area (Å²) in [5.74, 6) is -1.08. The number of nitro benzene ring substituents is 1. The number of rotatable bonds is 7. The predicted molar refractivity (Wildman–Crippen MR) is 92.8 cm³/mol. The summed E-state index contributed by atoms with van der Waals surface area (Å²) in [5, 5.41) is 16.9. The summed E-state index contributed by atoms with van der Waals surface area (Å²) in [6, 6.07) is 4.34. The zero-order chi connectivity index (χ0) is 18.4. The molecule has 7 nitrogen and oxygen atoms in total. The molecule has 1 heterocycles. The maximum Gasteiger partial charge on any atom is 0.270 e. The SMILES string of the molecule is O=C(NCCCNc1ncc(Cl)cc1Cl)c1cc([N+](=O)[O-])ccc1F. The predicted octanol–water partition coefficient (Wildman–Crippen LogP) is 3.67. The maximum absolute atomic E-state index is 13.6. The molecule has 1 aromatic carbocycles. The minimum atomic E-state index is -0.821. The number of hydrogen-bond acceptors (Lipinski definition) is 5. The molecule has 10 heteroatoms. The van der Waals surface area contributed by atoms with E-state index in [1.807, 2.05) is 0 Å². The van der Waals surface area contributed by atoms with Gasteiger partial charge in [-0.3, -0.25) is 14.9 Å². The Bertz CT molecular complexity index is 804. The Morgan fingerprint density at radius 2 is 2.04 bits per heavy atom. The van der Waals surface area contributed by atoms with Gasteiger partial charge >= 0.3 is 0 Å². The highest BCUT2D eigenvalue weighted by Gasteiger charge is 2.16. The van der Waals surface area contributed by atoms with Gasteiger partial charge in [-0.2, -0.15) is 0 Å². The number of nitrogens with zero attached hydrogens (tertiary/aromatic N) is 2. The zero-order valence-corrected chi connectivity index (χ0v) is 14.3. The number of amides is 1. The average molecular weight is 387 g/mol. The highest BCUT2D eigenvalue weighted by atomic mass is 35.5. The van der Waals surface area contributed by atoms with Gasteiger partial charge in [0.25, 0.3) is 11.6 Å². The molecule has 2 rings (SSSR count). The maximum atomic E-state index is 13.6. The van der Waals surface area contributed by atoms with Gasteiger partial charge in [0.15, 0.2) is 0 Å². The summed E-state index contributed by atoms with van der Waals surface area (Å²) in [4.78, 5) is 25.9. The number of halogens is 3. The molecule has 0 spiro atoms. The monoisotopic (exact) mass is 386 g/mol. The van der Waals surface area contributed by atoms with Crippen LogP contribution in [0.4, 0.5) is 15.9 Å². The van der Waals surface area contributed by atoms with E-state index in [0.29, 0.717) is 28.8 Å². The molecule has 0 aliphatic heterocycles. The van der Waals surface area contributed by atoms with Crippen LogP contribution in [0.5, 0.6) is 0 Å². The lowest BCUT2D eigenvalue weighted by Crippen LogP contribution is -2.26. The first-order valence-corrected chi connectivity index (χ1v) is 7.91. The van der Waals surface area contributed by atoms with Crippen LogP contribution in [0.2, 0.25) is 10.0 Å². The van der Waals surface area contributed by atoms with E-state index in [4.69, 9.17) is 23.2 Å². The lowest BCUT2D eigenvalue weighted by molar-refractivity contribution is -0.384.